The van der Waals surface area contributed by atoms with Gasteiger partial charge in [-0.2, -0.15) is 0 Å². The van der Waals surface area contributed by atoms with Crippen molar-refractivity contribution >= 4 is 67.2 Å². The van der Waals surface area contributed by atoms with Gasteiger partial charge in [-0.25, -0.2) is 0 Å². The van der Waals surface area contributed by atoms with Crippen molar-refractivity contribution in [3.05, 3.63) is 45.4 Å². The number of rotatable bonds is 0. The van der Waals surface area contributed by atoms with Gasteiger partial charge in [-0.1, -0.05) is 58.5 Å². The van der Waals surface area contributed by atoms with E-state index in [9.17, 15) is 0 Å². The summed E-state index contributed by atoms with van der Waals surface area (Å²) in [5.74, 6) is 0. The van der Waals surface area contributed by atoms with Gasteiger partial charge in [-0.05, 0) is 17.5 Å². The van der Waals surface area contributed by atoms with Crippen molar-refractivity contribution in [1.29, 1.82) is 0 Å². The Labute approximate surface area is 112 Å². The van der Waals surface area contributed by atoms with E-state index in [1.54, 1.807) is 0 Å². The zero-order valence-corrected chi connectivity index (χ0v) is 10.8. The van der Waals surface area contributed by atoms with Crippen molar-refractivity contribution in [2.75, 3.05) is 0 Å². The quantitative estimate of drug-likeness (QED) is 0.578. The molecule has 3 rings (SSSR count). The second kappa shape index (κ2) is 3.54. The lowest BCUT2D eigenvalue weighted by molar-refractivity contribution is 1.71. The normalized spacial score (nSPS) is 14.0. The van der Waals surface area contributed by atoms with Crippen LogP contribution in [0.25, 0.3) is 20.8 Å². The summed E-state index contributed by atoms with van der Waals surface area (Å²) < 4.78 is 0. The summed E-state index contributed by atoms with van der Waals surface area (Å²) in [5.41, 5.74) is 1.56. The minimum atomic E-state index is 0.473. The number of hydrogen-bond donors (Lipinski definition) is 0. The minimum absolute atomic E-state index is 0.473. The van der Waals surface area contributed by atoms with Crippen LogP contribution in [0.4, 0.5) is 0 Å². The van der Waals surface area contributed by atoms with Crippen molar-refractivity contribution in [2.45, 2.75) is 0 Å². The Morgan fingerprint density at radius 2 is 1.06 bits per heavy atom. The highest BCUT2D eigenvalue weighted by Gasteiger charge is 2.26. The standard InChI is InChI=1S/C12H4Cl4/c13-6-3-1-5-2-4-7(14)10-8(5)9(6)11(15)12(10)16/h1-4H. The molecule has 2 aromatic rings. The van der Waals surface area contributed by atoms with Crippen LogP contribution in [-0.4, -0.2) is 0 Å². The lowest BCUT2D eigenvalue weighted by Gasteiger charge is -2.05. The van der Waals surface area contributed by atoms with E-state index >= 15 is 0 Å². The molecule has 1 aliphatic rings. The summed E-state index contributed by atoms with van der Waals surface area (Å²) >= 11 is 24.6. The summed E-state index contributed by atoms with van der Waals surface area (Å²) in [5, 5.41) is 4.11. The highest BCUT2D eigenvalue weighted by Crippen LogP contribution is 2.50. The topological polar surface area (TPSA) is 0 Å². The lowest BCUT2D eigenvalue weighted by Crippen LogP contribution is -1.82. The lowest BCUT2D eigenvalue weighted by atomic mass is 10.0. The maximum atomic E-state index is 6.18. The Balaban J connectivity index is 2.63. The van der Waals surface area contributed by atoms with Gasteiger partial charge in [0.2, 0.25) is 0 Å². The second-order valence-corrected chi connectivity index (χ2v) is 5.14. The van der Waals surface area contributed by atoms with Crippen LogP contribution in [0.2, 0.25) is 10.0 Å². The van der Waals surface area contributed by atoms with E-state index in [1.165, 1.54) is 0 Å². The van der Waals surface area contributed by atoms with Gasteiger partial charge in [0, 0.05) is 16.5 Å². The maximum Gasteiger partial charge on any atom is 0.0692 e. The van der Waals surface area contributed by atoms with Gasteiger partial charge < -0.3 is 0 Å². The molecule has 0 amide bonds. The van der Waals surface area contributed by atoms with Crippen molar-refractivity contribution < 1.29 is 0 Å². The van der Waals surface area contributed by atoms with Gasteiger partial charge in [0.15, 0.2) is 0 Å². The first-order valence-corrected chi connectivity index (χ1v) is 6.09. The molecule has 0 bridgehead atoms. The van der Waals surface area contributed by atoms with Gasteiger partial charge in [-0.15, -0.1) is 0 Å². The minimum Gasteiger partial charge on any atom is -0.0836 e. The molecule has 0 aliphatic heterocycles. The summed E-state index contributed by atoms with van der Waals surface area (Å²) in [6.07, 6.45) is 0. The fourth-order valence-electron chi connectivity index (χ4n) is 2.02. The smallest absolute Gasteiger partial charge is 0.0692 e. The van der Waals surface area contributed by atoms with Gasteiger partial charge >= 0.3 is 0 Å². The fourth-order valence-corrected chi connectivity index (χ4v) is 3.20. The third kappa shape index (κ3) is 1.25. The average molecular weight is 290 g/mol. The third-order valence-corrected chi connectivity index (χ3v) is 4.20. The molecule has 0 fully saturated rings. The predicted octanol–water partition coefficient (Wildman–Crippen LogP) is 5.76. The Morgan fingerprint density at radius 3 is 1.50 bits per heavy atom. The largest absolute Gasteiger partial charge is 0.0836 e. The SMILES string of the molecule is ClC1=C(Cl)c2c(Cl)ccc3ccc(Cl)c1c23. The van der Waals surface area contributed by atoms with Crippen molar-refractivity contribution in [2.24, 2.45) is 0 Å². The Bertz CT molecular complexity index is 603. The van der Waals surface area contributed by atoms with Crippen LogP contribution in [0.5, 0.6) is 0 Å². The molecule has 80 valence electrons. The van der Waals surface area contributed by atoms with Gasteiger partial charge in [0.05, 0.1) is 20.1 Å². The molecule has 0 heterocycles. The molecule has 2 aromatic carbocycles. The zero-order valence-electron chi connectivity index (χ0n) is 7.82. The third-order valence-electron chi connectivity index (χ3n) is 2.72. The van der Waals surface area contributed by atoms with E-state index in [4.69, 9.17) is 46.4 Å². The molecule has 4 heteroatoms. The Hall–Kier alpha value is -0.400. The molecular formula is C12H4Cl4. The molecule has 0 aromatic heterocycles. The maximum absolute atomic E-state index is 6.18. The van der Waals surface area contributed by atoms with Crippen LogP contribution >= 0.6 is 46.4 Å². The average Bonchev–Trinajstić information content (AvgIpc) is 2.53. The molecule has 0 unspecified atom stereocenters. The molecular weight excluding hydrogens is 286 g/mol. The number of benzene rings is 2. The fraction of sp³-hybridized carbons (Fsp3) is 0. The molecule has 0 N–H and O–H groups in total. The van der Waals surface area contributed by atoms with E-state index in [1.807, 2.05) is 24.3 Å². The molecule has 0 atom stereocenters. The van der Waals surface area contributed by atoms with Crippen molar-refractivity contribution in [3.63, 3.8) is 0 Å². The molecule has 0 saturated carbocycles. The van der Waals surface area contributed by atoms with Gasteiger partial charge in [-0.3, -0.25) is 0 Å². The molecule has 0 saturated heterocycles. The van der Waals surface area contributed by atoms with E-state index < -0.39 is 0 Å². The van der Waals surface area contributed by atoms with E-state index in [2.05, 4.69) is 0 Å². The van der Waals surface area contributed by atoms with Crippen LogP contribution in [-0.2, 0) is 0 Å². The monoisotopic (exact) mass is 288 g/mol. The second-order valence-electron chi connectivity index (χ2n) is 3.57. The highest BCUT2D eigenvalue weighted by molar-refractivity contribution is 6.69. The zero-order chi connectivity index (χ0) is 11.4. The molecule has 16 heavy (non-hydrogen) atoms. The van der Waals surface area contributed by atoms with Crippen LogP contribution in [0, 0.1) is 0 Å². The summed E-state index contributed by atoms with van der Waals surface area (Å²) in [4.78, 5) is 0. The molecule has 0 radical (unpaired) electrons. The van der Waals surface area contributed by atoms with Gasteiger partial charge in [0.25, 0.3) is 0 Å². The van der Waals surface area contributed by atoms with Crippen molar-refractivity contribution in [3.8, 4) is 0 Å². The number of hydrogen-bond acceptors (Lipinski definition) is 0. The number of halogens is 4. The Kier molecular flexibility index (Phi) is 2.38. The first-order valence-electron chi connectivity index (χ1n) is 4.58. The first-order chi connectivity index (χ1) is 7.61. The van der Waals surface area contributed by atoms with E-state index in [0.29, 0.717) is 20.1 Å². The Morgan fingerprint density at radius 1 is 0.625 bits per heavy atom. The van der Waals surface area contributed by atoms with E-state index in [-0.39, 0.29) is 0 Å². The van der Waals surface area contributed by atoms with Crippen LogP contribution < -0.4 is 0 Å². The highest BCUT2D eigenvalue weighted by atomic mass is 35.5. The predicted molar refractivity (Wildman–Crippen MR) is 72.5 cm³/mol. The summed E-state index contributed by atoms with van der Waals surface area (Å²) in [6.45, 7) is 0. The first kappa shape index (κ1) is 10.7. The molecule has 1 aliphatic carbocycles. The molecule has 0 nitrogen and oxygen atoms in total. The van der Waals surface area contributed by atoms with Crippen LogP contribution in [0.1, 0.15) is 11.1 Å². The summed E-state index contributed by atoms with van der Waals surface area (Å²) in [7, 11) is 0. The summed E-state index contributed by atoms with van der Waals surface area (Å²) in [6, 6.07) is 7.49. The van der Waals surface area contributed by atoms with E-state index in [0.717, 1.165) is 21.9 Å². The van der Waals surface area contributed by atoms with Crippen LogP contribution in [0.3, 0.4) is 0 Å². The molecule has 0 spiro atoms. The van der Waals surface area contributed by atoms with Gasteiger partial charge in [0.1, 0.15) is 0 Å². The van der Waals surface area contributed by atoms with Crippen molar-refractivity contribution in [1.82, 2.24) is 0 Å². The van der Waals surface area contributed by atoms with Crippen LogP contribution in [0.15, 0.2) is 24.3 Å².